The van der Waals surface area contributed by atoms with E-state index >= 15 is 0 Å². The molecule has 142 valence electrons. The number of methoxy groups -OCH3 is 1. The van der Waals surface area contributed by atoms with Gasteiger partial charge in [0.15, 0.2) is 11.5 Å². The molecule has 1 aromatic carbocycles. The van der Waals surface area contributed by atoms with Gasteiger partial charge in [0.1, 0.15) is 6.10 Å². The molecule has 2 unspecified atom stereocenters. The SMILES string of the molecule is COc1cc(C(C)NC(=O)C(C)OCCC(C)C)ccc1OC(C)C. The van der Waals surface area contributed by atoms with Crippen LogP contribution in [0.3, 0.4) is 0 Å². The van der Waals surface area contributed by atoms with Crippen LogP contribution in [-0.4, -0.2) is 31.8 Å². The zero-order valence-corrected chi connectivity index (χ0v) is 16.6. The third kappa shape index (κ3) is 7.34. The first-order valence-corrected chi connectivity index (χ1v) is 9.01. The summed E-state index contributed by atoms with van der Waals surface area (Å²) in [4.78, 5) is 12.3. The Morgan fingerprint density at radius 3 is 2.32 bits per heavy atom. The topological polar surface area (TPSA) is 56.8 Å². The first-order chi connectivity index (χ1) is 11.7. The minimum Gasteiger partial charge on any atom is -0.493 e. The summed E-state index contributed by atoms with van der Waals surface area (Å²) in [6, 6.07) is 5.56. The number of carbonyl (C=O) groups is 1. The van der Waals surface area contributed by atoms with Gasteiger partial charge in [-0.3, -0.25) is 4.79 Å². The number of hydrogen-bond donors (Lipinski definition) is 1. The van der Waals surface area contributed by atoms with Crippen LogP contribution < -0.4 is 14.8 Å². The summed E-state index contributed by atoms with van der Waals surface area (Å²) in [6.07, 6.45) is 0.550. The van der Waals surface area contributed by atoms with Crippen LogP contribution >= 0.6 is 0 Å². The summed E-state index contributed by atoms with van der Waals surface area (Å²) in [5.74, 6) is 1.81. The fraction of sp³-hybridized carbons (Fsp3) is 0.650. The van der Waals surface area contributed by atoms with Gasteiger partial charge in [0.05, 0.1) is 19.3 Å². The Balaban J connectivity index is 2.66. The normalized spacial score (nSPS) is 13.6. The van der Waals surface area contributed by atoms with E-state index < -0.39 is 6.10 Å². The molecule has 5 heteroatoms. The second-order valence-electron chi connectivity index (χ2n) is 7.00. The largest absolute Gasteiger partial charge is 0.493 e. The predicted molar refractivity (Wildman–Crippen MR) is 100 cm³/mol. The number of rotatable bonds is 10. The lowest BCUT2D eigenvalue weighted by atomic mass is 10.1. The average molecular weight is 351 g/mol. The molecule has 5 nitrogen and oxygen atoms in total. The molecule has 25 heavy (non-hydrogen) atoms. The molecule has 0 aromatic heterocycles. The Kier molecular flexibility index (Phi) is 8.76. The maximum atomic E-state index is 12.3. The molecular formula is C20H33NO4. The van der Waals surface area contributed by atoms with Crippen molar-refractivity contribution in [1.29, 1.82) is 0 Å². The van der Waals surface area contributed by atoms with E-state index in [1.54, 1.807) is 14.0 Å². The van der Waals surface area contributed by atoms with Crippen molar-refractivity contribution in [1.82, 2.24) is 5.32 Å². The van der Waals surface area contributed by atoms with Crippen LogP contribution in [0.15, 0.2) is 18.2 Å². The van der Waals surface area contributed by atoms with Crippen LogP contribution in [0.1, 0.15) is 59.6 Å². The lowest BCUT2D eigenvalue weighted by Gasteiger charge is -2.20. The molecule has 0 saturated carbocycles. The summed E-state index contributed by atoms with van der Waals surface area (Å²) in [6.45, 7) is 12.5. The van der Waals surface area contributed by atoms with Crippen LogP contribution in [0, 0.1) is 5.92 Å². The minimum absolute atomic E-state index is 0.0701. The van der Waals surface area contributed by atoms with Gasteiger partial charge in [-0.2, -0.15) is 0 Å². The van der Waals surface area contributed by atoms with Crippen molar-refractivity contribution in [2.75, 3.05) is 13.7 Å². The van der Waals surface area contributed by atoms with Gasteiger partial charge < -0.3 is 19.5 Å². The summed E-state index contributed by atoms with van der Waals surface area (Å²) < 4.78 is 16.7. The first kappa shape index (κ1) is 21.3. The fourth-order valence-corrected chi connectivity index (χ4v) is 2.28. The summed E-state index contributed by atoms with van der Waals surface area (Å²) >= 11 is 0. The number of amides is 1. The summed E-state index contributed by atoms with van der Waals surface area (Å²) in [5, 5.41) is 2.99. The standard InChI is InChI=1S/C20H33NO4/c1-13(2)10-11-24-16(6)20(22)21-15(5)17-8-9-18(25-14(3)4)19(12-17)23-7/h8-9,12-16H,10-11H2,1-7H3,(H,21,22). The van der Waals surface area contributed by atoms with E-state index in [-0.39, 0.29) is 18.1 Å². The van der Waals surface area contributed by atoms with Crippen LogP contribution in [0.25, 0.3) is 0 Å². The van der Waals surface area contributed by atoms with Crippen molar-refractivity contribution in [3.63, 3.8) is 0 Å². The molecule has 2 atom stereocenters. The molecule has 0 heterocycles. The van der Waals surface area contributed by atoms with Crippen molar-refractivity contribution >= 4 is 5.91 Å². The summed E-state index contributed by atoms with van der Waals surface area (Å²) in [5.41, 5.74) is 0.954. The van der Waals surface area contributed by atoms with Crippen molar-refractivity contribution in [2.45, 2.75) is 66.2 Å². The number of hydrogen-bond acceptors (Lipinski definition) is 4. The highest BCUT2D eigenvalue weighted by atomic mass is 16.5. The van der Waals surface area contributed by atoms with Crippen LogP contribution in [0.2, 0.25) is 0 Å². The zero-order chi connectivity index (χ0) is 19.0. The van der Waals surface area contributed by atoms with Crippen LogP contribution in [-0.2, 0) is 9.53 Å². The highest BCUT2D eigenvalue weighted by molar-refractivity contribution is 5.80. The fourth-order valence-electron chi connectivity index (χ4n) is 2.28. The Morgan fingerprint density at radius 1 is 1.08 bits per heavy atom. The molecule has 0 aliphatic carbocycles. The molecule has 1 N–H and O–H groups in total. The summed E-state index contributed by atoms with van der Waals surface area (Å²) in [7, 11) is 1.61. The van der Waals surface area contributed by atoms with Gasteiger partial charge in [0.2, 0.25) is 5.91 Å². The monoisotopic (exact) mass is 351 g/mol. The van der Waals surface area contributed by atoms with Gasteiger partial charge in [0, 0.05) is 6.61 Å². The lowest BCUT2D eigenvalue weighted by molar-refractivity contribution is -0.132. The van der Waals surface area contributed by atoms with Gasteiger partial charge in [-0.25, -0.2) is 0 Å². The van der Waals surface area contributed by atoms with Crippen molar-refractivity contribution in [3.05, 3.63) is 23.8 Å². The Labute approximate surface area is 152 Å². The van der Waals surface area contributed by atoms with Crippen LogP contribution in [0.5, 0.6) is 11.5 Å². The molecule has 0 aliphatic heterocycles. The molecule has 1 amide bonds. The molecule has 0 spiro atoms. The third-order valence-corrected chi connectivity index (χ3v) is 3.84. The number of carbonyl (C=O) groups excluding carboxylic acids is 1. The molecular weight excluding hydrogens is 318 g/mol. The van der Waals surface area contributed by atoms with E-state index in [9.17, 15) is 4.79 Å². The molecule has 0 saturated heterocycles. The molecule has 0 fully saturated rings. The molecule has 1 rings (SSSR count). The van der Waals surface area contributed by atoms with E-state index in [0.29, 0.717) is 24.0 Å². The maximum absolute atomic E-state index is 12.3. The highest BCUT2D eigenvalue weighted by Crippen LogP contribution is 2.31. The molecule has 0 bridgehead atoms. The van der Waals surface area contributed by atoms with Crippen LogP contribution in [0.4, 0.5) is 0 Å². The quantitative estimate of drug-likeness (QED) is 0.689. The van der Waals surface area contributed by atoms with Gasteiger partial charge in [0.25, 0.3) is 0 Å². The molecule has 0 radical (unpaired) electrons. The Hall–Kier alpha value is -1.75. The van der Waals surface area contributed by atoms with E-state index in [2.05, 4.69) is 19.2 Å². The minimum atomic E-state index is -0.466. The van der Waals surface area contributed by atoms with E-state index in [4.69, 9.17) is 14.2 Å². The Morgan fingerprint density at radius 2 is 1.76 bits per heavy atom. The Bertz CT molecular complexity index is 542. The van der Waals surface area contributed by atoms with Gasteiger partial charge >= 0.3 is 0 Å². The van der Waals surface area contributed by atoms with Gasteiger partial charge in [-0.15, -0.1) is 0 Å². The highest BCUT2D eigenvalue weighted by Gasteiger charge is 2.18. The number of ether oxygens (including phenoxy) is 3. The smallest absolute Gasteiger partial charge is 0.249 e. The van der Waals surface area contributed by atoms with Crippen molar-refractivity contribution in [3.8, 4) is 11.5 Å². The van der Waals surface area contributed by atoms with Crippen molar-refractivity contribution < 1.29 is 19.0 Å². The predicted octanol–water partition coefficient (Wildman–Crippen LogP) is 4.11. The van der Waals surface area contributed by atoms with E-state index in [0.717, 1.165) is 12.0 Å². The number of nitrogens with one attached hydrogen (secondary N) is 1. The maximum Gasteiger partial charge on any atom is 0.249 e. The average Bonchev–Trinajstić information content (AvgIpc) is 2.53. The van der Waals surface area contributed by atoms with Gasteiger partial charge in [-0.05, 0) is 57.7 Å². The van der Waals surface area contributed by atoms with Crippen molar-refractivity contribution in [2.24, 2.45) is 5.92 Å². The second kappa shape index (κ2) is 10.3. The molecule has 1 aromatic rings. The zero-order valence-electron chi connectivity index (χ0n) is 16.6. The first-order valence-electron chi connectivity index (χ1n) is 9.01. The lowest BCUT2D eigenvalue weighted by Crippen LogP contribution is -2.36. The van der Waals surface area contributed by atoms with Gasteiger partial charge in [-0.1, -0.05) is 19.9 Å². The van der Waals surface area contributed by atoms with E-state index in [1.807, 2.05) is 39.0 Å². The number of benzene rings is 1. The third-order valence-electron chi connectivity index (χ3n) is 3.84. The van der Waals surface area contributed by atoms with E-state index in [1.165, 1.54) is 0 Å². The molecule has 0 aliphatic rings. The second-order valence-corrected chi connectivity index (χ2v) is 7.00.